The van der Waals surface area contributed by atoms with Crippen LogP contribution >= 0.6 is 0 Å². The topological polar surface area (TPSA) is 83.5 Å². The van der Waals surface area contributed by atoms with Crippen LogP contribution in [0.1, 0.15) is 26.3 Å². The molecule has 0 saturated carbocycles. The van der Waals surface area contributed by atoms with Gasteiger partial charge in [-0.2, -0.15) is 0 Å². The Labute approximate surface area is 121 Å². The molecule has 0 aromatic heterocycles. The van der Waals surface area contributed by atoms with Crippen molar-refractivity contribution in [3.05, 3.63) is 71.3 Å². The van der Waals surface area contributed by atoms with Crippen molar-refractivity contribution in [1.82, 2.24) is 5.32 Å². The first-order chi connectivity index (χ1) is 10.1. The maximum absolute atomic E-state index is 12.4. The minimum absolute atomic E-state index is 0.160. The van der Waals surface area contributed by atoms with Gasteiger partial charge in [0, 0.05) is 11.1 Å². The van der Waals surface area contributed by atoms with Gasteiger partial charge in [0.1, 0.15) is 6.54 Å². The second-order valence-corrected chi connectivity index (χ2v) is 4.32. The zero-order valence-corrected chi connectivity index (χ0v) is 11.1. The van der Waals surface area contributed by atoms with Crippen LogP contribution in [0.25, 0.3) is 0 Å². The number of hydrogen-bond donors (Lipinski definition) is 2. The molecule has 2 aromatic rings. The number of amides is 1. The average molecular weight is 283 g/mol. The average Bonchev–Trinajstić information content (AvgIpc) is 2.52. The molecule has 0 radical (unpaired) electrons. The van der Waals surface area contributed by atoms with Crippen molar-refractivity contribution < 1.29 is 19.5 Å². The smallest absolute Gasteiger partial charge is 0.322 e. The van der Waals surface area contributed by atoms with E-state index in [9.17, 15) is 14.4 Å². The Morgan fingerprint density at radius 3 is 2.05 bits per heavy atom. The van der Waals surface area contributed by atoms with Crippen molar-refractivity contribution in [3.63, 3.8) is 0 Å². The normalized spacial score (nSPS) is 9.90. The lowest BCUT2D eigenvalue weighted by atomic mass is 9.98. The van der Waals surface area contributed by atoms with Crippen LogP contribution in [0.3, 0.4) is 0 Å². The fourth-order valence-electron chi connectivity index (χ4n) is 1.88. The van der Waals surface area contributed by atoms with Gasteiger partial charge in [0.2, 0.25) is 0 Å². The summed E-state index contributed by atoms with van der Waals surface area (Å²) in [4.78, 5) is 34.9. The Balaban J connectivity index is 2.31. The van der Waals surface area contributed by atoms with E-state index in [1.807, 2.05) is 0 Å². The lowest BCUT2D eigenvalue weighted by Gasteiger charge is -2.08. The molecule has 5 nitrogen and oxygen atoms in total. The van der Waals surface area contributed by atoms with Crippen molar-refractivity contribution in [1.29, 1.82) is 0 Å². The number of carbonyl (C=O) groups is 3. The van der Waals surface area contributed by atoms with Gasteiger partial charge in [-0.3, -0.25) is 14.4 Å². The number of benzene rings is 2. The summed E-state index contributed by atoms with van der Waals surface area (Å²) in [6, 6.07) is 14.9. The molecule has 0 atom stereocenters. The van der Waals surface area contributed by atoms with Crippen molar-refractivity contribution in [2.45, 2.75) is 0 Å². The first kappa shape index (κ1) is 14.5. The summed E-state index contributed by atoms with van der Waals surface area (Å²) >= 11 is 0. The highest BCUT2D eigenvalue weighted by Gasteiger charge is 2.17. The van der Waals surface area contributed by atoms with E-state index in [0.29, 0.717) is 5.56 Å². The lowest BCUT2D eigenvalue weighted by Crippen LogP contribution is -2.30. The van der Waals surface area contributed by atoms with Crippen LogP contribution in [0.5, 0.6) is 0 Å². The lowest BCUT2D eigenvalue weighted by molar-refractivity contribution is -0.135. The maximum Gasteiger partial charge on any atom is 0.322 e. The van der Waals surface area contributed by atoms with Crippen LogP contribution in [0.2, 0.25) is 0 Å². The van der Waals surface area contributed by atoms with Gasteiger partial charge in [-0.05, 0) is 6.07 Å². The highest BCUT2D eigenvalue weighted by molar-refractivity contribution is 6.15. The number of aliphatic carboxylic acids is 1. The molecule has 0 bridgehead atoms. The molecule has 2 N–H and O–H groups in total. The second kappa shape index (κ2) is 6.47. The molecule has 0 saturated heterocycles. The second-order valence-electron chi connectivity index (χ2n) is 4.32. The molecule has 0 spiro atoms. The quantitative estimate of drug-likeness (QED) is 0.819. The van der Waals surface area contributed by atoms with E-state index in [2.05, 4.69) is 5.32 Å². The molecule has 0 heterocycles. The predicted molar refractivity (Wildman–Crippen MR) is 76.3 cm³/mol. The Morgan fingerprint density at radius 1 is 0.857 bits per heavy atom. The molecule has 0 aliphatic heterocycles. The van der Waals surface area contributed by atoms with Gasteiger partial charge in [-0.15, -0.1) is 0 Å². The van der Waals surface area contributed by atoms with Gasteiger partial charge in [-0.1, -0.05) is 48.5 Å². The number of carboxylic acid groups (broad SMARTS) is 1. The molecular weight excluding hydrogens is 270 g/mol. The minimum Gasteiger partial charge on any atom is -0.480 e. The van der Waals surface area contributed by atoms with Gasteiger partial charge in [0.15, 0.2) is 5.78 Å². The summed E-state index contributed by atoms with van der Waals surface area (Å²) in [5, 5.41) is 10.8. The fourth-order valence-corrected chi connectivity index (χ4v) is 1.88. The van der Waals surface area contributed by atoms with Crippen molar-refractivity contribution >= 4 is 17.7 Å². The van der Waals surface area contributed by atoms with Crippen molar-refractivity contribution in [2.24, 2.45) is 0 Å². The zero-order chi connectivity index (χ0) is 15.2. The van der Waals surface area contributed by atoms with Gasteiger partial charge in [0.05, 0.1) is 5.56 Å². The first-order valence-electron chi connectivity index (χ1n) is 6.28. The molecule has 2 aromatic carbocycles. The monoisotopic (exact) mass is 283 g/mol. The van der Waals surface area contributed by atoms with E-state index < -0.39 is 18.4 Å². The summed E-state index contributed by atoms with van der Waals surface area (Å²) in [6.45, 7) is -0.493. The summed E-state index contributed by atoms with van der Waals surface area (Å²) in [5.41, 5.74) is 0.871. The number of ketones is 1. The molecule has 0 aliphatic rings. The standard InChI is InChI=1S/C16H13NO4/c18-14(19)10-17-16(21)13-9-5-4-8-12(13)15(20)11-6-2-1-3-7-11/h1-9H,10H2,(H,17,21)(H,18,19). The highest BCUT2D eigenvalue weighted by Crippen LogP contribution is 2.14. The third kappa shape index (κ3) is 3.54. The number of hydrogen-bond acceptors (Lipinski definition) is 3. The predicted octanol–water partition coefficient (Wildman–Crippen LogP) is 1.73. The molecule has 106 valence electrons. The van der Waals surface area contributed by atoms with E-state index in [-0.39, 0.29) is 16.9 Å². The number of carboxylic acids is 1. The molecule has 5 heteroatoms. The van der Waals surface area contributed by atoms with Crippen LogP contribution in [0.15, 0.2) is 54.6 Å². The first-order valence-corrected chi connectivity index (χ1v) is 6.28. The summed E-state index contributed by atoms with van der Waals surface area (Å²) < 4.78 is 0. The van der Waals surface area contributed by atoms with E-state index >= 15 is 0 Å². The van der Waals surface area contributed by atoms with Crippen molar-refractivity contribution in [2.75, 3.05) is 6.54 Å². The van der Waals surface area contributed by atoms with E-state index in [0.717, 1.165) is 0 Å². The fraction of sp³-hybridized carbons (Fsp3) is 0.0625. The summed E-state index contributed by atoms with van der Waals surface area (Å²) in [5.74, 6) is -2.01. The molecular formula is C16H13NO4. The largest absolute Gasteiger partial charge is 0.480 e. The van der Waals surface area contributed by atoms with E-state index in [4.69, 9.17) is 5.11 Å². The summed E-state index contributed by atoms with van der Waals surface area (Å²) in [6.07, 6.45) is 0. The van der Waals surface area contributed by atoms with Crippen molar-refractivity contribution in [3.8, 4) is 0 Å². The Kier molecular flexibility index (Phi) is 4.46. The van der Waals surface area contributed by atoms with Gasteiger partial charge in [0.25, 0.3) is 5.91 Å². The van der Waals surface area contributed by atoms with Crippen LogP contribution in [-0.2, 0) is 4.79 Å². The van der Waals surface area contributed by atoms with Gasteiger partial charge < -0.3 is 10.4 Å². The van der Waals surface area contributed by atoms with E-state index in [1.54, 1.807) is 48.5 Å². The minimum atomic E-state index is -1.14. The number of nitrogens with one attached hydrogen (secondary N) is 1. The van der Waals surface area contributed by atoms with Gasteiger partial charge >= 0.3 is 5.97 Å². The zero-order valence-electron chi connectivity index (χ0n) is 11.1. The summed E-state index contributed by atoms with van der Waals surface area (Å²) in [7, 11) is 0. The molecule has 0 fully saturated rings. The van der Waals surface area contributed by atoms with Crippen LogP contribution < -0.4 is 5.32 Å². The third-order valence-corrected chi connectivity index (χ3v) is 2.85. The Bertz CT molecular complexity index is 680. The number of carbonyl (C=O) groups excluding carboxylic acids is 2. The van der Waals surface area contributed by atoms with Crippen LogP contribution in [-0.4, -0.2) is 29.3 Å². The van der Waals surface area contributed by atoms with Crippen LogP contribution in [0.4, 0.5) is 0 Å². The SMILES string of the molecule is O=C(O)CNC(=O)c1ccccc1C(=O)c1ccccc1. The Hall–Kier alpha value is -2.95. The highest BCUT2D eigenvalue weighted by atomic mass is 16.4. The maximum atomic E-state index is 12.4. The Morgan fingerprint density at radius 2 is 1.43 bits per heavy atom. The molecule has 1 amide bonds. The van der Waals surface area contributed by atoms with E-state index in [1.165, 1.54) is 6.07 Å². The van der Waals surface area contributed by atoms with Gasteiger partial charge in [-0.25, -0.2) is 0 Å². The molecule has 0 unspecified atom stereocenters. The number of rotatable bonds is 5. The molecule has 0 aliphatic carbocycles. The third-order valence-electron chi connectivity index (χ3n) is 2.85. The molecule has 2 rings (SSSR count). The van der Waals surface area contributed by atoms with Crippen LogP contribution in [0, 0.1) is 0 Å². The molecule has 21 heavy (non-hydrogen) atoms.